The number of fused-ring (bicyclic) bond motifs is 2. The summed E-state index contributed by atoms with van der Waals surface area (Å²) >= 11 is 0. The molecular weight excluding hydrogens is 404 g/mol. The van der Waals surface area contributed by atoms with Crippen LogP contribution < -0.4 is 27.5 Å². The summed E-state index contributed by atoms with van der Waals surface area (Å²) in [6, 6.07) is 3.88. The van der Waals surface area contributed by atoms with Gasteiger partial charge >= 0.3 is 0 Å². The third-order valence-corrected chi connectivity index (χ3v) is 6.92. The first kappa shape index (κ1) is 20.6. The zero-order valence-electron chi connectivity index (χ0n) is 18.3. The number of piperidine rings is 1. The fraction of sp³-hybridized carbons (Fsp3) is 0.435. The van der Waals surface area contributed by atoms with Gasteiger partial charge < -0.3 is 26.7 Å². The normalized spacial score (nSPS) is 23.6. The first-order valence-corrected chi connectivity index (χ1v) is 11.1. The van der Waals surface area contributed by atoms with Crippen LogP contribution in [0.25, 0.3) is 0 Å². The number of nitrogens with zero attached hydrogens (tertiary/aromatic N) is 4. The van der Waals surface area contributed by atoms with Crippen LogP contribution in [-0.2, 0) is 17.8 Å². The van der Waals surface area contributed by atoms with Crippen molar-refractivity contribution < 1.29 is 4.79 Å². The monoisotopic (exact) mass is 434 g/mol. The summed E-state index contributed by atoms with van der Waals surface area (Å²) in [7, 11) is 0. The summed E-state index contributed by atoms with van der Waals surface area (Å²) in [5, 5.41) is 4.40. The van der Waals surface area contributed by atoms with Crippen molar-refractivity contribution in [3.05, 3.63) is 58.7 Å². The van der Waals surface area contributed by atoms with Crippen LogP contribution in [-0.4, -0.2) is 34.0 Å². The summed E-state index contributed by atoms with van der Waals surface area (Å²) < 4.78 is 0. The number of anilines is 2. The molecule has 0 bridgehead atoms. The third-order valence-electron chi connectivity index (χ3n) is 6.92. The maximum Gasteiger partial charge on any atom is 0.269 e. The van der Waals surface area contributed by atoms with Gasteiger partial charge in [0.25, 0.3) is 5.91 Å². The molecule has 9 nitrogen and oxygen atoms in total. The van der Waals surface area contributed by atoms with Gasteiger partial charge in [0.05, 0.1) is 12.6 Å². The summed E-state index contributed by atoms with van der Waals surface area (Å²) in [4.78, 5) is 23.7. The largest absolute Gasteiger partial charge is 0.393 e. The lowest BCUT2D eigenvalue weighted by Crippen LogP contribution is -2.34. The molecule has 1 aliphatic heterocycles. The second kappa shape index (κ2) is 7.98. The Morgan fingerprint density at radius 1 is 1.34 bits per heavy atom. The molecule has 7 N–H and O–H groups in total. The van der Waals surface area contributed by atoms with Crippen molar-refractivity contribution in [2.75, 3.05) is 23.7 Å². The zero-order valence-corrected chi connectivity index (χ0v) is 18.3. The number of rotatable bonds is 6. The SMILES string of the molecule is Cc1cc(N2CC3CC3C2)ncc1CN(N)/C=C(\N)C(=O)N[C@@H]1CCc2c1ccnc2N. The van der Waals surface area contributed by atoms with Gasteiger partial charge in [-0.2, -0.15) is 0 Å². The number of aromatic nitrogens is 2. The minimum absolute atomic E-state index is 0.0569. The topological polar surface area (TPSA) is 139 Å². The lowest BCUT2D eigenvalue weighted by atomic mass is 10.1. The maximum absolute atomic E-state index is 12.6. The number of hydrogen-bond donors (Lipinski definition) is 4. The van der Waals surface area contributed by atoms with E-state index in [1.165, 1.54) is 17.6 Å². The predicted molar refractivity (Wildman–Crippen MR) is 123 cm³/mol. The number of carbonyl (C=O) groups is 1. The average Bonchev–Trinajstić information content (AvgIpc) is 3.16. The van der Waals surface area contributed by atoms with Crippen molar-refractivity contribution in [2.24, 2.45) is 23.4 Å². The van der Waals surface area contributed by atoms with Crippen LogP contribution >= 0.6 is 0 Å². The van der Waals surface area contributed by atoms with Crippen LogP contribution in [0.4, 0.5) is 11.6 Å². The van der Waals surface area contributed by atoms with Crippen LogP contribution in [0, 0.1) is 18.8 Å². The van der Waals surface area contributed by atoms with E-state index in [2.05, 4.69) is 33.2 Å². The van der Waals surface area contributed by atoms with E-state index in [4.69, 9.17) is 17.3 Å². The fourth-order valence-electron chi connectivity index (χ4n) is 4.93. The summed E-state index contributed by atoms with van der Waals surface area (Å²) in [6.45, 7) is 4.70. The summed E-state index contributed by atoms with van der Waals surface area (Å²) in [5.74, 6) is 9.06. The highest BCUT2D eigenvalue weighted by molar-refractivity contribution is 5.92. The molecule has 2 aromatic rings. The van der Waals surface area contributed by atoms with Crippen molar-refractivity contribution in [3.8, 4) is 0 Å². The Balaban J connectivity index is 1.19. The number of nitrogens with one attached hydrogen (secondary N) is 1. The molecule has 168 valence electrons. The predicted octanol–water partition coefficient (Wildman–Crippen LogP) is 1.10. The van der Waals surface area contributed by atoms with Gasteiger partial charge in [-0.05, 0) is 72.4 Å². The molecule has 3 aliphatic rings. The summed E-state index contributed by atoms with van der Waals surface area (Å²) in [5.41, 5.74) is 16.1. The molecule has 0 aromatic carbocycles. The Labute approximate surface area is 187 Å². The molecule has 1 saturated heterocycles. The van der Waals surface area contributed by atoms with Crippen molar-refractivity contribution in [1.29, 1.82) is 0 Å². The van der Waals surface area contributed by atoms with Crippen molar-refractivity contribution >= 4 is 17.5 Å². The van der Waals surface area contributed by atoms with Gasteiger partial charge in [-0.3, -0.25) is 4.79 Å². The Morgan fingerprint density at radius 2 is 2.12 bits per heavy atom. The Morgan fingerprint density at radius 3 is 2.88 bits per heavy atom. The van der Waals surface area contributed by atoms with Gasteiger partial charge in [-0.1, -0.05) is 0 Å². The van der Waals surface area contributed by atoms with E-state index in [9.17, 15) is 4.79 Å². The van der Waals surface area contributed by atoms with E-state index in [1.807, 2.05) is 12.3 Å². The van der Waals surface area contributed by atoms with Crippen LogP contribution in [0.2, 0.25) is 0 Å². The fourth-order valence-corrected chi connectivity index (χ4v) is 4.93. The van der Waals surface area contributed by atoms with Crippen LogP contribution in [0.5, 0.6) is 0 Å². The number of hydrogen-bond acceptors (Lipinski definition) is 8. The molecule has 0 radical (unpaired) electrons. The van der Waals surface area contributed by atoms with E-state index in [-0.39, 0.29) is 17.6 Å². The van der Waals surface area contributed by atoms with E-state index in [0.717, 1.165) is 65.8 Å². The molecule has 9 heteroatoms. The molecule has 2 fully saturated rings. The molecule has 0 spiro atoms. The molecule has 3 atom stereocenters. The highest BCUT2D eigenvalue weighted by Crippen LogP contribution is 2.46. The minimum Gasteiger partial charge on any atom is -0.393 e. The first-order chi connectivity index (χ1) is 15.4. The number of amides is 1. The van der Waals surface area contributed by atoms with Crippen molar-refractivity contribution in [1.82, 2.24) is 20.3 Å². The lowest BCUT2D eigenvalue weighted by Gasteiger charge is -2.21. The molecular formula is C23H30N8O. The minimum atomic E-state index is -0.355. The van der Waals surface area contributed by atoms with E-state index < -0.39 is 0 Å². The molecule has 2 unspecified atom stereocenters. The smallest absolute Gasteiger partial charge is 0.269 e. The number of hydrazine groups is 1. The molecule has 1 amide bonds. The Hall–Kier alpha value is -3.33. The van der Waals surface area contributed by atoms with Crippen molar-refractivity contribution in [2.45, 2.75) is 38.8 Å². The number of carbonyl (C=O) groups excluding carboxylic acids is 1. The number of nitrogen functional groups attached to an aromatic ring is 1. The average molecular weight is 435 g/mol. The van der Waals surface area contributed by atoms with Gasteiger partial charge in [0.2, 0.25) is 0 Å². The van der Waals surface area contributed by atoms with Crippen LogP contribution in [0.3, 0.4) is 0 Å². The molecule has 3 heterocycles. The van der Waals surface area contributed by atoms with Gasteiger partial charge in [0, 0.05) is 31.7 Å². The molecule has 5 rings (SSSR count). The Bertz CT molecular complexity index is 1070. The molecule has 2 aliphatic carbocycles. The number of aryl methyl sites for hydroxylation is 1. The number of pyridine rings is 2. The zero-order chi connectivity index (χ0) is 22.4. The Kier molecular flexibility index (Phi) is 5.13. The third kappa shape index (κ3) is 3.95. The van der Waals surface area contributed by atoms with Crippen molar-refractivity contribution in [3.63, 3.8) is 0 Å². The van der Waals surface area contributed by atoms with Crippen LogP contribution in [0.1, 0.15) is 41.1 Å². The van der Waals surface area contributed by atoms with Gasteiger partial charge in [-0.25, -0.2) is 15.8 Å². The van der Waals surface area contributed by atoms with E-state index >= 15 is 0 Å². The molecule has 32 heavy (non-hydrogen) atoms. The molecule has 1 saturated carbocycles. The molecule has 2 aromatic heterocycles. The lowest BCUT2D eigenvalue weighted by molar-refractivity contribution is -0.118. The second-order valence-electron chi connectivity index (χ2n) is 9.22. The quantitative estimate of drug-likeness (QED) is 0.301. The standard InChI is InChI=1S/C23H30N8O/c1-13-6-21(30-9-14-7-15(14)10-30)28-8-16(13)11-31(26)12-19(24)23(32)29-20-3-2-18-17(20)4-5-27-22(18)25/h4-6,8,12,14-15,20H,2-3,7,9-11,24,26H2,1H3,(H2,25,27)(H,29,32)/b19-12-/t14?,15?,20-/m1/s1. The highest BCUT2D eigenvalue weighted by atomic mass is 16.2. The summed E-state index contributed by atoms with van der Waals surface area (Å²) in [6.07, 6.45) is 7.92. The van der Waals surface area contributed by atoms with Gasteiger partial charge in [0.15, 0.2) is 0 Å². The first-order valence-electron chi connectivity index (χ1n) is 11.1. The maximum atomic E-state index is 12.6. The van der Waals surface area contributed by atoms with Gasteiger partial charge in [-0.15, -0.1) is 0 Å². The number of nitrogens with two attached hydrogens (primary N) is 3. The van der Waals surface area contributed by atoms with E-state index in [1.54, 1.807) is 6.20 Å². The highest BCUT2D eigenvalue weighted by Gasteiger charge is 2.45. The van der Waals surface area contributed by atoms with Gasteiger partial charge in [0.1, 0.15) is 17.3 Å². The van der Waals surface area contributed by atoms with Crippen LogP contribution in [0.15, 0.2) is 36.4 Å². The van der Waals surface area contributed by atoms with E-state index in [0.29, 0.717) is 12.4 Å². The second-order valence-corrected chi connectivity index (χ2v) is 9.22.